The number of amides is 1. The highest BCUT2D eigenvalue weighted by Crippen LogP contribution is 2.30. The number of carbonyl (C=O) groups is 1. The first-order valence-corrected chi connectivity index (χ1v) is 12.0. The van der Waals surface area contributed by atoms with Crippen LogP contribution in [0.1, 0.15) is 19.9 Å². The van der Waals surface area contributed by atoms with Crippen LogP contribution in [0.4, 0.5) is 5.69 Å². The van der Waals surface area contributed by atoms with Gasteiger partial charge in [0.2, 0.25) is 5.91 Å². The third-order valence-corrected chi connectivity index (χ3v) is 6.61. The maximum atomic E-state index is 13.3. The topological polar surface area (TPSA) is 73.2 Å². The molecule has 1 heterocycles. The van der Waals surface area contributed by atoms with Gasteiger partial charge < -0.3 is 10.1 Å². The number of nitrogens with zero attached hydrogens (tertiary/aromatic N) is 2. The zero-order valence-corrected chi connectivity index (χ0v) is 20.2. The first-order valence-electron chi connectivity index (χ1n) is 11.1. The molecule has 0 bridgehead atoms. The number of methoxy groups -OCH3 is 1. The summed E-state index contributed by atoms with van der Waals surface area (Å²) >= 11 is 1.27. The minimum absolute atomic E-state index is 0.139. The van der Waals surface area contributed by atoms with Crippen molar-refractivity contribution in [3.63, 3.8) is 0 Å². The number of hydrogen-bond donors (Lipinski definition) is 1. The fourth-order valence-corrected chi connectivity index (χ4v) is 4.83. The molecule has 0 aliphatic carbocycles. The van der Waals surface area contributed by atoms with E-state index in [1.54, 1.807) is 17.7 Å². The second-order valence-electron chi connectivity index (χ2n) is 8.05. The Labute approximate surface area is 203 Å². The molecular weight excluding hydrogens is 446 g/mol. The van der Waals surface area contributed by atoms with E-state index in [1.165, 1.54) is 11.8 Å². The highest BCUT2D eigenvalue weighted by molar-refractivity contribution is 8.00. The van der Waals surface area contributed by atoms with Crippen LogP contribution >= 0.6 is 11.8 Å². The van der Waals surface area contributed by atoms with Gasteiger partial charge in [-0.1, -0.05) is 72.4 Å². The van der Waals surface area contributed by atoms with Gasteiger partial charge in [0.1, 0.15) is 0 Å². The summed E-state index contributed by atoms with van der Waals surface area (Å²) in [4.78, 5) is 31.2. The molecule has 0 saturated heterocycles. The van der Waals surface area contributed by atoms with Crippen LogP contribution in [-0.2, 0) is 9.53 Å². The maximum Gasteiger partial charge on any atom is 0.262 e. The molecule has 3 aromatic carbocycles. The Hall–Kier alpha value is -3.42. The van der Waals surface area contributed by atoms with Crippen LogP contribution in [0.2, 0.25) is 0 Å². The Bertz CT molecular complexity index is 1350. The second kappa shape index (κ2) is 10.7. The minimum atomic E-state index is -0.488. The lowest BCUT2D eigenvalue weighted by atomic mass is 10.0. The zero-order valence-electron chi connectivity index (χ0n) is 19.4. The van der Waals surface area contributed by atoms with Gasteiger partial charge >= 0.3 is 0 Å². The number of rotatable bonds is 8. The number of para-hydroxylation sites is 2. The first kappa shape index (κ1) is 23.7. The van der Waals surface area contributed by atoms with Crippen molar-refractivity contribution in [3.8, 4) is 11.1 Å². The van der Waals surface area contributed by atoms with Crippen LogP contribution in [-0.4, -0.2) is 34.4 Å². The predicted octanol–water partition coefficient (Wildman–Crippen LogP) is 5.39. The summed E-state index contributed by atoms with van der Waals surface area (Å²) in [6.07, 6.45) is 0. The third-order valence-electron chi connectivity index (χ3n) is 5.55. The Morgan fingerprint density at radius 3 is 2.44 bits per heavy atom. The second-order valence-corrected chi connectivity index (χ2v) is 9.36. The quantitative estimate of drug-likeness (QED) is 0.274. The molecule has 1 amide bonds. The number of carbonyl (C=O) groups excluding carboxylic acids is 1. The monoisotopic (exact) mass is 473 g/mol. The van der Waals surface area contributed by atoms with E-state index in [0.717, 1.165) is 16.8 Å². The van der Waals surface area contributed by atoms with Crippen LogP contribution in [0, 0.1) is 0 Å². The third kappa shape index (κ3) is 5.05. The summed E-state index contributed by atoms with van der Waals surface area (Å²) in [6.45, 7) is 4.09. The zero-order chi connectivity index (χ0) is 24.1. The van der Waals surface area contributed by atoms with E-state index >= 15 is 0 Å². The molecular formula is C27H27N3O3S. The summed E-state index contributed by atoms with van der Waals surface area (Å²) in [5.41, 5.74) is 3.18. The van der Waals surface area contributed by atoms with Crippen molar-refractivity contribution in [2.24, 2.45) is 0 Å². The summed E-state index contributed by atoms with van der Waals surface area (Å²) in [5, 5.41) is 3.60. The molecule has 0 aliphatic rings. The van der Waals surface area contributed by atoms with Gasteiger partial charge in [0.15, 0.2) is 5.16 Å². The van der Waals surface area contributed by atoms with Crippen molar-refractivity contribution in [2.45, 2.75) is 30.3 Å². The molecule has 0 spiro atoms. The van der Waals surface area contributed by atoms with Gasteiger partial charge in [-0.2, -0.15) is 0 Å². The van der Waals surface area contributed by atoms with Gasteiger partial charge in [-0.25, -0.2) is 4.98 Å². The van der Waals surface area contributed by atoms with Gasteiger partial charge in [0, 0.05) is 18.4 Å². The standard InChI is InChI=1S/C27H27N3O3S/c1-18(17-33-3)30-26(32)22-14-8-10-16-24(22)29-27(30)34-19(2)25(31)28-23-15-9-7-13-21(23)20-11-5-4-6-12-20/h4-16,18-19H,17H2,1-3H3,(H,28,31)/t18-,19+/m1/s1. The molecule has 1 N–H and O–H groups in total. The number of aromatic nitrogens is 2. The number of nitrogens with one attached hydrogen (secondary N) is 1. The Morgan fingerprint density at radius 2 is 1.68 bits per heavy atom. The van der Waals surface area contributed by atoms with Crippen LogP contribution in [0.3, 0.4) is 0 Å². The van der Waals surface area contributed by atoms with E-state index in [0.29, 0.717) is 22.7 Å². The van der Waals surface area contributed by atoms with Crippen molar-refractivity contribution in [1.29, 1.82) is 0 Å². The molecule has 7 heteroatoms. The molecule has 0 saturated carbocycles. The lowest BCUT2D eigenvalue weighted by molar-refractivity contribution is -0.115. The molecule has 6 nitrogen and oxygen atoms in total. The molecule has 0 fully saturated rings. The summed E-state index contributed by atoms with van der Waals surface area (Å²) in [7, 11) is 1.60. The van der Waals surface area contributed by atoms with E-state index in [-0.39, 0.29) is 17.5 Å². The van der Waals surface area contributed by atoms with Crippen molar-refractivity contribution in [2.75, 3.05) is 19.0 Å². The number of thioether (sulfide) groups is 1. The number of ether oxygens (including phenoxy) is 1. The van der Waals surface area contributed by atoms with Gasteiger partial charge in [0.25, 0.3) is 5.56 Å². The normalized spacial score (nSPS) is 12.9. The van der Waals surface area contributed by atoms with Gasteiger partial charge in [-0.05, 0) is 37.6 Å². The van der Waals surface area contributed by atoms with E-state index in [1.807, 2.05) is 86.6 Å². The van der Waals surface area contributed by atoms with E-state index in [9.17, 15) is 9.59 Å². The lowest BCUT2D eigenvalue weighted by Gasteiger charge is -2.21. The smallest absolute Gasteiger partial charge is 0.262 e. The molecule has 0 aliphatic heterocycles. The largest absolute Gasteiger partial charge is 0.383 e. The van der Waals surface area contributed by atoms with E-state index in [2.05, 4.69) is 5.32 Å². The fourth-order valence-electron chi connectivity index (χ4n) is 3.82. The lowest BCUT2D eigenvalue weighted by Crippen LogP contribution is -2.30. The van der Waals surface area contributed by atoms with E-state index < -0.39 is 5.25 Å². The van der Waals surface area contributed by atoms with Gasteiger partial charge in [-0.15, -0.1) is 0 Å². The van der Waals surface area contributed by atoms with E-state index in [4.69, 9.17) is 9.72 Å². The van der Waals surface area contributed by atoms with Crippen molar-refractivity contribution >= 4 is 34.3 Å². The van der Waals surface area contributed by atoms with Crippen LogP contribution in [0.25, 0.3) is 22.0 Å². The minimum Gasteiger partial charge on any atom is -0.383 e. The van der Waals surface area contributed by atoms with Crippen molar-refractivity contribution in [3.05, 3.63) is 89.2 Å². The van der Waals surface area contributed by atoms with Crippen LogP contribution in [0.5, 0.6) is 0 Å². The van der Waals surface area contributed by atoms with Crippen molar-refractivity contribution in [1.82, 2.24) is 9.55 Å². The molecule has 4 rings (SSSR count). The van der Waals surface area contributed by atoms with Crippen molar-refractivity contribution < 1.29 is 9.53 Å². The number of benzene rings is 3. The molecule has 34 heavy (non-hydrogen) atoms. The number of fused-ring (bicyclic) bond motifs is 1. The van der Waals surface area contributed by atoms with Gasteiger partial charge in [0.05, 0.1) is 28.8 Å². The van der Waals surface area contributed by atoms with Crippen LogP contribution in [0.15, 0.2) is 88.8 Å². The molecule has 0 unspecified atom stereocenters. The fraction of sp³-hybridized carbons (Fsp3) is 0.222. The first-order chi connectivity index (χ1) is 16.5. The number of anilines is 1. The van der Waals surface area contributed by atoms with Crippen LogP contribution < -0.4 is 10.9 Å². The average Bonchev–Trinajstić information content (AvgIpc) is 2.85. The van der Waals surface area contributed by atoms with Gasteiger partial charge in [-0.3, -0.25) is 14.2 Å². The predicted molar refractivity (Wildman–Crippen MR) is 138 cm³/mol. The molecule has 1 aromatic heterocycles. The SMILES string of the molecule is COC[C@@H](C)n1c(S[C@@H](C)C(=O)Nc2ccccc2-c2ccccc2)nc2ccccc2c1=O. The highest BCUT2D eigenvalue weighted by Gasteiger charge is 2.22. The molecule has 0 radical (unpaired) electrons. The Balaban J connectivity index is 1.63. The highest BCUT2D eigenvalue weighted by atomic mass is 32.2. The molecule has 174 valence electrons. The summed E-state index contributed by atoms with van der Waals surface area (Å²) < 4.78 is 6.91. The molecule has 4 aromatic rings. The Morgan fingerprint density at radius 1 is 1.00 bits per heavy atom. The average molecular weight is 474 g/mol. The summed E-state index contributed by atoms with van der Waals surface area (Å²) in [6, 6.07) is 24.7. The number of hydrogen-bond acceptors (Lipinski definition) is 5. The molecule has 2 atom stereocenters. The maximum absolute atomic E-state index is 13.3. The Kier molecular flexibility index (Phi) is 7.45. The summed E-state index contributed by atoms with van der Waals surface area (Å²) in [5.74, 6) is -0.165.